The van der Waals surface area contributed by atoms with Crippen LogP contribution in [0.5, 0.6) is 0 Å². The third-order valence-electron chi connectivity index (χ3n) is 7.76. The second-order valence-electron chi connectivity index (χ2n) is 13.0. The lowest BCUT2D eigenvalue weighted by Crippen LogP contribution is -2.32. The van der Waals surface area contributed by atoms with E-state index in [9.17, 15) is 27.6 Å². The predicted octanol–water partition coefficient (Wildman–Crippen LogP) is 7.31. The lowest BCUT2D eigenvalue weighted by atomic mass is 9.96. The molecule has 0 saturated heterocycles. The number of hydrogen-bond donors (Lipinski definition) is 3. The summed E-state index contributed by atoms with van der Waals surface area (Å²) in [6.45, 7) is 6.67. The molecule has 258 valence electrons. The molecule has 49 heavy (non-hydrogen) atoms. The van der Waals surface area contributed by atoms with Crippen LogP contribution in [0.4, 0.5) is 29.3 Å². The molecule has 0 bridgehead atoms. The highest BCUT2D eigenvalue weighted by Gasteiger charge is 2.36. The maximum absolute atomic E-state index is 13.9. The zero-order valence-electron chi connectivity index (χ0n) is 27.9. The molecule has 5 rings (SSSR count). The number of aromatic nitrogens is 2. The number of ether oxygens (including phenoxy) is 1. The Kier molecular flexibility index (Phi) is 10.1. The number of hydrogen-bond acceptors (Lipinski definition) is 6. The number of benzene rings is 3. The molecule has 4 aromatic rings. The van der Waals surface area contributed by atoms with Crippen molar-refractivity contribution in [3.05, 3.63) is 107 Å². The molecule has 3 amide bonds. The fourth-order valence-electron chi connectivity index (χ4n) is 5.45. The van der Waals surface area contributed by atoms with Gasteiger partial charge in [-0.05, 0) is 93.7 Å². The van der Waals surface area contributed by atoms with Crippen molar-refractivity contribution in [1.29, 1.82) is 0 Å². The first-order valence-corrected chi connectivity index (χ1v) is 15.8. The van der Waals surface area contributed by atoms with Crippen LogP contribution in [0.15, 0.2) is 78.9 Å². The molecular formula is C36H39F3N6O4. The fraction of sp³-hybridized carbons (Fsp3) is 0.333. The third kappa shape index (κ3) is 9.26. The largest absolute Gasteiger partial charge is 0.444 e. The molecule has 1 aliphatic rings. The molecule has 13 heteroatoms. The second-order valence-corrected chi connectivity index (χ2v) is 13.0. The zero-order chi connectivity index (χ0) is 35.5. The normalized spacial score (nSPS) is 13.9. The van der Waals surface area contributed by atoms with E-state index in [4.69, 9.17) is 4.74 Å². The van der Waals surface area contributed by atoms with Gasteiger partial charge in [0.1, 0.15) is 11.3 Å². The molecule has 0 radical (unpaired) electrons. The highest BCUT2D eigenvalue weighted by molar-refractivity contribution is 6.03. The molecular weight excluding hydrogens is 637 g/mol. The zero-order valence-corrected chi connectivity index (χ0v) is 27.9. The first-order valence-electron chi connectivity index (χ1n) is 15.8. The Hall–Kier alpha value is -5.17. The van der Waals surface area contributed by atoms with E-state index in [2.05, 4.69) is 25.9 Å². The minimum Gasteiger partial charge on any atom is -0.444 e. The fourth-order valence-corrected chi connectivity index (χ4v) is 5.45. The molecule has 1 unspecified atom stereocenters. The maximum Gasteiger partial charge on any atom is 0.435 e. The third-order valence-corrected chi connectivity index (χ3v) is 7.76. The summed E-state index contributed by atoms with van der Waals surface area (Å²) in [7, 11) is 2.03. The van der Waals surface area contributed by atoms with Crippen molar-refractivity contribution in [3.63, 3.8) is 0 Å². The highest BCUT2D eigenvalue weighted by atomic mass is 19.4. The van der Waals surface area contributed by atoms with Crippen LogP contribution in [0, 0.1) is 0 Å². The van der Waals surface area contributed by atoms with Gasteiger partial charge in [-0.3, -0.25) is 14.5 Å². The molecule has 3 N–H and O–H groups in total. The number of alkyl halides is 3. The average molecular weight is 677 g/mol. The molecule has 1 fully saturated rings. The predicted molar refractivity (Wildman–Crippen MR) is 179 cm³/mol. The Morgan fingerprint density at radius 2 is 1.61 bits per heavy atom. The summed E-state index contributed by atoms with van der Waals surface area (Å²) < 4.78 is 47.8. The van der Waals surface area contributed by atoms with Gasteiger partial charge in [0.2, 0.25) is 5.91 Å². The summed E-state index contributed by atoms with van der Waals surface area (Å²) in [5, 5.41) is 11.9. The Morgan fingerprint density at radius 1 is 0.918 bits per heavy atom. The number of rotatable bonds is 10. The molecule has 1 aromatic heterocycles. The smallest absolute Gasteiger partial charge is 0.435 e. The van der Waals surface area contributed by atoms with Crippen molar-refractivity contribution in [2.75, 3.05) is 17.7 Å². The van der Waals surface area contributed by atoms with Crippen LogP contribution in [0.1, 0.15) is 79.5 Å². The van der Waals surface area contributed by atoms with Gasteiger partial charge in [-0.1, -0.05) is 36.4 Å². The Bertz CT molecular complexity index is 1830. The molecule has 0 spiro atoms. The Balaban J connectivity index is 1.41. The van der Waals surface area contributed by atoms with Crippen molar-refractivity contribution in [1.82, 2.24) is 20.0 Å². The van der Waals surface area contributed by atoms with Crippen LogP contribution in [0.25, 0.3) is 5.69 Å². The van der Waals surface area contributed by atoms with E-state index in [-0.39, 0.29) is 29.9 Å². The summed E-state index contributed by atoms with van der Waals surface area (Å²) in [4.78, 5) is 39.6. The van der Waals surface area contributed by atoms with Gasteiger partial charge in [0.15, 0.2) is 5.69 Å². The standard InChI is InChI=1S/C36H39F3N6O4/c1-22(46)41-26-14-12-24(13-15-26)32(44(5)28-16-17-28)25-9-7-10-27(19-25)42-33(47)30-20-31(36(37,38)39)43-45(30)29-11-6-8-23(18-29)21-40-34(48)49-35(2,3)4/h6-15,18-20,28,32H,16-17,21H2,1-5H3,(H,40,48)(H,41,46)(H,42,47). The first-order chi connectivity index (χ1) is 23.1. The molecule has 1 saturated carbocycles. The molecule has 10 nitrogen and oxygen atoms in total. The molecule has 1 atom stereocenters. The van der Waals surface area contributed by atoms with Gasteiger partial charge in [-0.25, -0.2) is 9.48 Å². The Morgan fingerprint density at radius 3 is 2.24 bits per heavy atom. The van der Waals surface area contributed by atoms with Crippen molar-refractivity contribution < 1.29 is 32.3 Å². The molecule has 0 aliphatic heterocycles. The van der Waals surface area contributed by atoms with Gasteiger partial charge < -0.3 is 20.7 Å². The van der Waals surface area contributed by atoms with Gasteiger partial charge in [0.25, 0.3) is 5.91 Å². The maximum atomic E-state index is 13.9. The van der Waals surface area contributed by atoms with E-state index >= 15 is 0 Å². The van der Waals surface area contributed by atoms with Crippen molar-refractivity contribution in [2.24, 2.45) is 0 Å². The van der Waals surface area contributed by atoms with E-state index < -0.39 is 29.5 Å². The number of carbonyl (C=O) groups is 3. The minimum atomic E-state index is -4.80. The van der Waals surface area contributed by atoms with Crippen LogP contribution in [-0.4, -0.2) is 51.3 Å². The average Bonchev–Trinajstić information content (AvgIpc) is 3.77. The number of halogens is 3. The summed E-state index contributed by atoms with van der Waals surface area (Å²) in [6, 6.07) is 22.0. The van der Waals surface area contributed by atoms with Crippen LogP contribution >= 0.6 is 0 Å². The van der Waals surface area contributed by atoms with Crippen LogP contribution in [0.2, 0.25) is 0 Å². The minimum absolute atomic E-state index is 0.0386. The van der Waals surface area contributed by atoms with E-state index in [0.717, 1.165) is 28.7 Å². The van der Waals surface area contributed by atoms with Crippen molar-refractivity contribution in [2.45, 2.75) is 70.9 Å². The lowest BCUT2D eigenvalue weighted by molar-refractivity contribution is -0.141. The van der Waals surface area contributed by atoms with Crippen LogP contribution < -0.4 is 16.0 Å². The molecule has 1 aliphatic carbocycles. The number of anilines is 2. The lowest BCUT2D eigenvalue weighted by Gasteiger charge is -2.29. The van der Waals surface area contributed by atoms with E-state index in [1.54, 1.807) is 51.1 Å². The molecule has 1 heterocycles. The summed E-state index contributed by atoms with van der Waals surface area (Å²) in [5.74, 6) is -0.960. The quantitative estimate of drug-likeness (QED) is 0.162. The summed E-state index contributed by atoms with van der Waals surface area (Å²) in [5.41, 5.74) is 1.41. The number of alkyl carbamates (subject to hydrolysis) is 1. The van der Waals surface area contributed by atoms with Gasteiger partial charge in [0, 0.05) is 37.0 Å². The van der Waals surface area contributed by atoms with Crippen LogP contribution in [-0.2, 0) is 22.3 Å². The van der Waals surface area contributed by atoms with Gasteiger partial charge in [0.05, 0.1) is 11.7 Å². The summed E-state index contributed by atoms with van der Waals surface area (Å²) >= 11 is 0. The topological polar surface area (TPSA) is 118 Å². The first kappa shape index (κ1) is 35.1. The van der Waals surface area contributed by atoms with E-state index in [1.807, 2.05) is 37.4 Å². The van der Waals surface area contributed by atoms with Gasteiger partial charge in [-0.15, -0.1) is 0 Å². The number of amides is 3. The van der Waals surface area contributed by atoms with E-state index in [1.165, 1.54) is 19.1 Å². The number of nitrogens with one attached hydrogen (secondary N) is 3. The summed E-state index contributed by atoms with van der Waals surface area (Å²) in [6.07, 6.45) is -3.34. The number of nitrogens with zero attached hydrogens (tertiary/aromatic N) is 3. The van der Waals surface area contributed by atoms with Gasteiger partial charge in [-0.2, -0.15) is 18.3 Å². The number of carbonyl (C=O) groups excluding carboxylic acids is 3. The highest BCUT2D eigenvalue weighted by Crippen LogP contribution is 2.38. The second kappa shape index (κ2) is 14.1. The monoisotopic (exact) mass is 676 g/mol. The molecule has 3 aromatic carbocycles. The van der Waals surface area contributed by atoms with Crippen molar-refractivity contribution in [3.8, 4) is 5.69 Å². The van der Waals surface area contributed by atoms with Crippen LogP contribution in [0.3, 0.4) is 0 Å². The van der Waals surface area contributed by atoms with Gasteiger partial charge >= 0.3 is 12.3 Å². The van der Waals surface area contributed by atoms with Crippen molar-refractivity contribution >= 4 is 29.3 Å². The van der Waals surface area contributed by atoms with E-state index in [0.29, 0.717) is 29.0 Å². The Labute approximate surface area is 282 Å². The SMILES string of the molecule is CC(=O)Nc1ccc(C(c2cccc(NC(=O)c3cc(C(F)(F)F)nn3-c3cccc(CNC(=O)OC(C)(C)C)c3)c2)N(C)C2CC2)cc1.